The molecular weight excluding hydrogens is 228 g/mol. The molecule has 0 saturated heterocycles. The van der Waals surface area contributed by atoms with Gasteiger partial charge in [0.25, 0.3) is 5.91 Å². The number of anilines is 1. The highest BCUT2D eigenvalue weighted by molar-refractivity contribution is 5.92. The van der Waals surface area contributed by atoms with E-state index in [1.165, 1.54) is 0 Å². The molecule has 18 heavy (non-hydrogen) atoms. The summed E-state index contributed by atoms with van der Waals surface area (Å²) in [7, 11) is 1.84. The summed E-state index contributed by atoms with van der Waals surface area (Å²) in [6.45, 7) is 6.99. The number of aromatic nitrogens is 2. The first-order valence-electron chi connectivity index (χ1n) is 6.64. The van der Waals surface area contributed by atoms with E-state index in [1.54, 1.807) is 4.90 Å². The Labute approximate surface area is 108 Å². The quantitative estimate of drug-likeness (QED) is 0.886. The Bertz CT molecular complexity index is 401. The average molecular weight is 250 g/mol. The van der Waals surface area contributed by atoms with Crippen LogP contribution in [0.25, 0.3) is 0 Å². The van der Waals surface area contributed by atoms with E-state index in [0.29, 0.717) is 11.6 Å². The van der Waals surface area contributed by atoms with Crippen molar-refractivity contribution in [3.63, 3.8) is 0 Å². The number of hydrogen-bond donors (Lipinski definition) is 1. The predicted molar refractivity (Wildman–Crippen MR) is 71.7 cm³/mol. The predicted octanol–water partition coefficient (Wildman–Crippen LogP) is 1.82. The molecule has 2 rings (SSSR count). The minimum Gasteiger partial charge on any atom is -0.356 e. The number of aryl methyl sites for hydroxylation is 1. The second-order valence-electron chi connectivity index (χ2n) is 5.33. The molecule has 0 fully saturated rings. The summed E-state index contributed by atoms with van der Waals surface area (Å²) < 4.78 is 2.02. The van der Waals surface area contributed by atoms with Crippen molar-refractivity contribution in [2.24, 2.45) is 5.92 Å². The van der Waals surface area contributed by atoms with Gasteiger partial charge in [0, 0.05) is 32.9 Å². The normalized spacial score (nSPS) is 14.2. The van der Waals surface area contributed by atoms with E-state index in [4.69, 9.17) is 0 Å². The lowest BCUT2D eigenvalue weighted by molar-refractivity contribution is 0.0784. The largest absolute Gasteiger partial charge is 0.356 e. The van der Waals surface area contributed by atoms with Gasteiger partial charge in [-0.2, -0.15) is 0 Å². The van der Waals surface area contributed by atoms with Crippen LogP contribution in [0.4, 0.5) is 5.95 Å². The topological polar surface area (TPSA) is 50.2 Å². The first-order chi connectivity index (χ1) is 8.58. The van der Waals surface area contributed by atoms with Crippen LogP contribution in [0.2, 0.25) is 0 Å². The molecule has 1 aliphatic heterocycles. The van der Waals surface area contributed by atoms with Gasteiger partial charge >= 0.3 is 0 Å². The minimum absolute atomic E-state index is 0.0133. The number of imidazole rings is 1. The Morgan fingerprint density at radius 2 is 2.39 bits per heavy atom. The second-order valence-corrected chi connectivity index (χ2v) is 5.33. The molecular formula is C13H22N4O. The fourth-order valence-electron chi connectivity index (χ4n) is 2.03. The van der Waals surface area contributed by atoms with Crippen molar-refractivity contribution in [1.82, 2.24) is 14.5 Å². The Balaban J connectivity index is 2.02. The van der Waals surface area contributed by atoms with E-state index in [1.807, 2.05) is 17.8 Å². The van der Waals surface area contributed by atoms with Crippen molar-refractivity contribution in [3.8, 4) is 0 Å². The molecule has 0 spiro atoms. The third-order valence-electron chi connectivity index (χ3n) is 3.24. The number of carbonyl (C=O) groups excluding carboxylic acids is 1. The number of amides is 1. The number of fused-ring (bicyclic) bond motifs is 1. The van der Waals surface area contributed by atoms with E-state index in [-0.39, 0.29) is 5.91 Å². The molecule has 2 heterocycles. The number of nitrogens with zero attached hydrogens (tertiary/aromatic N) is 3. The number of rotatable bonds is 4. The average Bonchev–Trinajstić information content (AvgIpc) is 2.78. The summed E-state index contributed by atoms with van der Waals surface area (Å²) in [5, 5.41) is 3.21. The van der Waals surface area contributed by atoms with Gasteiger partial charge in [-0.05, 0) is 18.8 Å². The third kappa shape index (κ3) is 2.83. The van der Waals surface area contributed by atoms with Gasteiger partial charge in [-0.1, -0.05) is 13.8 Å². The summed E-state index contributed by atoms with van der Waals surface area (Å²) in [4.78, 5) is 18.3. The van der Waals surface area contributed by atoms with Crippen LogP contribution in [-0.4, -0.2) is 40.5 Å². The van der Waals surface area contributed by atoms with Crippen LogP contribution in [0.15, 0.2) is 6.20 Å². The highest BCUT2D eigenvalue weighted by atomic mass is 16.2. The Kier molecular flexibility index (Phi) is 3.89. The monoisotopic (exact) mass is 250 g/mol. The molecule has 0 unspecified atom stereocenters. The third-order valence-corrected chi connectivity index (χ3v) is 3.24. The van der Waals surface area contributed by atoms with Crippen LogP contribution in [0.1, 0.15) is 37.2 Å². The lowest BCUT2D eigenvalue weighted by Crippen LogP contribution is -2.28. The maximum atomic E-state index is 12.2. The zero-order valence-electron chi connectivity index (χ0n) is 11.4. The van der Waals surface area contributed by atoms with Gasteiger partial charge in [0.05, 0.1) is 0 Å². The van der Waals surface area contributed by atoms with E-state index in [9.17, 15) is 4.79 Å². The molecule has 1 aromatic rings. The lowest BCUT2D eigenvalue weighted by Gasteiger charge is -2.16. The summed E-state index contributed by atoms with van der Waals surface area (Å²) in [5.41, 5.74) is 0.547. The molecule has 5 heteroatoms. The molecule has 5 nitrogen and oxygen atoms in total. The second kappa shape index (κ2) is 5.42. The van der Waals surface area contributed by atoms with Crippen molar-refractivity contribution < 1.29 is 4.79 Å². The van der Waals surface area contributed by atoms with Gasteiger partial charge in [-0.3, -0.25) is 4.79 Å². The fraction of sp³-hybridized carbons (Fsp3) is 0.692. The molecule has 1 aliphatic rings. The number of hydrogen-bond acceptors (Lipinski definition) is 3. The van der Waals surface area contributed by atoms with Crippen molar-refractivity contribution in [3.05, 3.63) is 11.9 Å². The molecule has 0 saturated carbocycles. The van der Waals surface area contributed by atoms with E-state index in [2.05, 4.69) is 24.1 Å². The smallest absolute Gasteiger partial charge is 0.273 e. The highest BCUT2D eigenvalue weighted by Gasteiger charge is 2.19. The summed E-state index contributed by atoms with van der Waals surface area (Å²) in [6.07, 6.45) is 3.96. The fourth-order valence-corrected chi connectivity index (χ4v) is 2.03. The SMILES string of the molecule is CC(C)CCN(C)C(=O)c1cn2c(n1)NCCC2. The molecule has 1 amide bonds. The first kappa shape index (κ1) is 12.9. The summed E-state index contributed by atoms with van der Waals surface area (Å²) in [6, 6.07) is 0. The van der Waals surface area contributed by atoms with Gasteiger partial charge in [-0.25, -0.2) is 4.98 Å². The van der Waals surface area contributed by atoms with Gasteiger partial charge in [0.1, 0.15) is 5.69 Å². The Morgan fingerprint density at radius 3 is 3.06 bits per heavy atom. The van der Waals surface area contributed by atoms with Crippen molar-refractivity contribution in [1.29, 1.82) is 0 Å². The molecule has 0 bridgehead atoms. The summed E-state index contributed by atoms with van der Waals surface area (Å²) >= 11 is 0. The Morgan fingerprint density at radius 1 is 1.61 bits per heavy atom. The molecule has 1 N–H and O–H groups in total. The minimum atomic E-state index is 0.0133. The standard InChI is InChI=1S/C13H22N4O/c1-10(2)5-8-16(3)12(18)11-9-17-7-4-6-14-13(17)15-11/h9-10H,4-8H2,1-3H3,(H,14,15). The van der Waals surface area contributed by atoms with Crippen LogP contribution in [0.3, 0.4) is 0 Å². The van der Waals surface area contributed by atoms with E-state index < -0.39 is 0 Å². The number of nitrogens with one attached hydrogen (secondary N) is 1. The highest BCUT2D eigenvalue weighted by Crippen LogP contribution is 2.15. The maximum Gasteiger partial charge on any atom is 0.273 e. The van der Waals surface area contributed by atoms with Gasteiger partial charge in [-0.15, -0.1) is 0 Å². The molecule has 1 aromatic heterocycles. The molecule has 0 radical (unpaired) electrons. The van der Waals surface area contributed by atoms with Crippen LogP contribution >= 0.6 is 0 Å². The van der Waals surface area contributed by atoms with Crippen molar-refractivity contribution in [2.75, 3.05) is 25.5 Å². The van der Waals surface area contributed by atoms with E-state index >= 15 is 0 Å². The Hall–Kier alpha value is -1.52. The number of carbonyl (C=O) groups is 1. The summed E-state index contributed by atoms with van der Waals surface area (Å²) in [5.74, 6) is 1.44. The first-order valence-corrected chi connectivity index (χ1v) is 6.64. The van der Waals surface area contributed by atoms with Crippen LogP contribution in [0, 0.1) is 5.92 Å². The van der Waals surface area contributed by atoms with Crippen molar-refractivity contribution in [2.45, 2.75) is 33.2 Å². The molecule has 100 valence electrons. The van der Waals surface area contributed by atoms with Crippen molar-refractivity contribution >= 4 is 11.9 Å². The molecule has 0 aliphatic carbocycles. The van der Waals surface area contributed by atoms with Crippen LogP contribution in [-0.2, 0) is 6.54 Å². The molecule has 0 atom stereocenters. The van der Waals surface area contributed by atoms with Gasteiger partial charge < -0.3 is 14.8 Å². The van der Waals surface area contributed by atoms with Crippen LogP contribution < -0.4 is 5.32 Å². The molecule has 0 aromatic carbocycles. The van der Waals surface area contributed by atoms with Gasteiger partial charge in [0.15, 0.2) is 0 Å². The zero-order chi connectivity index (χ0) is 13.1. The zero-order valence-corrected chi connectivity index (χ0v) is 11.4. The van der Waals surface area contributed by atoms with E-state index in [0.717, 1.165) is 38.4 Å². The van der Waals surface area contributed by atoms with Crippen LogP contribution in [0.5, 0.6) is 0 Å². The van der Waals surface area contributed by atoms with Gasteiger partial charge in [0.2, 0.25) is 5.95 Å². The lowest BCUT2D eigenvalue weighted by atomic mass is 10.1. The maximum absolute atomic E-state index is 12.2.